The van der Waals surface area contributed by atoms with Gasteiger partial charge in [0.15, 0.2) is 0 Å². The van der Waals surface area contributed by atoms with Crippen LogP contribution in [0.15, 0.2) is 28.9 Å². The predicted octanol–water partition coefficient (Wildman–Crippen LogP) is 4.09. The van der Waals surface area contributed by atoms with E-state index in [0.29, 0.717) is 0 Å². The molecule has 0 aliphatic carbocycles. The third kappa shape index (κ3) is 5.61. The quantitative estimate of drug-likeness (QED) is 0.475. The lowest BCUT2D eigenvalue weighted by Crippen LogP contribution is -2.48. The Labute approximate surface area is 192 Å². The van der Waals surface area contributed by atoms with Gasteiger partial charge in [-0.2, -0.15) is 4.98 Å². The molecular weight excluding hydrogens is 458 g/mol. The third-order valence-electron chi connectivity index (χ3n) is 4.57. The van der Waals surface area contributed by atoms with E-state index in [4.69, 9.17) is 16.1 Å². The van der Waals surface area contributed by atoms with Crippen LogP contribution in [0.4, 0.5) is 13.6 Å². The molecule has 0 unspecified atom stereocenters. The first-order valence-electron chi connectivity index (χ1n) is 9.88. The van der Waals surface area contributed by atoms with Crippen molar-refractivity contribution in [1.82, 2.24) is 31.3 Å². The molecule has 3 amide bonds. The Kier molecular flexibility index (Phi) is 7.22. The average Bonchev–Trinajstić information content (AvgIpc) is 3.16. The van der Waals surface area contributed by atoms with Crippen LogP contribution in [-0.4, -0.2) is 27.1 Å². The molecule has 0 bridgehead atoms. The van der Waals surface area contributed by atoms with Crippen molar-refractivity contribution in [3.8, 4) is 22.5 Å². The fourth-order valence-electron chi connectivity index (χ4n) is 2.91. The minimum Gasteiger partial charge on any atom is -0.339 e. The SMILES string of the molecule is Cc1nc(-c2c(F)cc(Cl)cc2-c2cnc([C@@H](C)NC(=O)NNC(=O)C(C)C)c(F)c2)no1. The van der Waals surface area contributed by atoms with Gasteiger partial charge < -0.3 is 9.84 Å². The fraction of sp³-hybridized carbons (Fsp3) is 0.286. The highest BCUT2D eigenvalue weighted by Gasteiger charge is 2.22. The van der Waals surface area contributed by atoms with E-state index in [1.807, 2.05) is 0 Å². The molecule has 0 saturated carbocycles. The first kappa shape index (κ1) is 24.1. The number of benzene rings is 1. The summed E-state index contributed by atoms with van der Waals surface area (Å²) in [6.07, 6.45) is 1.32. The summed E-state index contributed by atoms with van der Waals surface area (Å²) in [4.78, 5) is 31.6. The number of urea groups is 1. The first-order valence-corrected chi connectivity index (χ1v) is 10.3. The van der Waals surface area contributed by atoms with Gasteiger partial charge in [0.1, 0.15) is 11.6 Å². The second kappa shape index (κ2) is 9.90. The lowest BCUT2D eigenvalue weighted by atomic mass is 9.99. The highest BCUT2D eigenvalue weighted by Crippen LogP contribution is 2.36. The molecular formula is C21H21ClF2N6O3. The largest absolute Gasteiger partial charge is 0.339 e. The molecule has 0 saturated heterocycles. The second-order valence-electron chi connectivity index (χ2n) is 7.50. The molecule has 0 fully saturated rings. The van der Waals surface area contributed by atoms with Crippen molar-refractivity contribution in [3.05, 3.63) is 52.6 Å². The molecule has 33 heavy (non-hydrogen) atoms. The highest BCUT2D eigenvalue weighted by molar-refractivity contribution is 6.31. The van der Waals surface area contributed by atoms with Gasteiger partial charge in [-0.1, -0.05) is 30.6 Å². The Hall–Kier alpha value is -3.60. The maximum atomic E-state index is 14.9. The van der Waals surface area contributed by atoms with Gasteiger partial charge in [-0.25, -0.2) is 19.0 Å². The summed E-state index contributed by atoms with van der Waals surface area (Å²) >= 11 is 6.01. The minimum absolute atomic E-state index is 0.0170. The van der Waals surface area contributed by atoms with Crippen LogP contribution in [0.2, 0.25) is 5.02 Å². The summed E-state index contributed by atoms with van der Waals surface area (Å²) in [5.74, 6) is -1.95. The van der Waals surface area contributed by atoms with E-state index in [0.717, 1.165) is 12.1 Å². The summed E-state index contributed by atoms with van der Waals surface area (Å²) in [5, 5.41) is 6.29. The molecule has 2 heterocycles. The summed E-state index contributed by atoms with van der Waals surface area (Å²) in [6.45, 7) is 6.39. The van der Waals surface area contributed by atoms with Gasteiger partial charge in [-0.05, 0) is 30.7 Å². The lowest BCUT2D eigenvalue weighted by molar-refractivity contribution is -0.124. The minimum atomic E-state index is -0.842. The van der Waals surface area contributed by atoms with Crippen LogP contribution in [-0.2, 0) is 4.79 Å². The topological polar surface area (TPSA) is 122 Å². The van der Waals surface area contributed by atoms with Gasteiger partial charge in [0, 0.05) is 29.6 Å². The molecule has 1 atom stereocenters. The van der Waals surface area contributed by atoms with E-state index in [1.54, 1.807) is 20.8 Å². The Bertz CT molecular complexity index is 1200. The predicted molar refractivity (Wildman–Crippen MR) is 116 cm³/mol. The molecule has 0 aliphatic heterocycles. The fourth-order valence-corrected chi connectivity index (χ4v) is 3.11. The van der Waals surface area contributed by atoms with Gasteiger partial charge in [0.2, 0.25) is 17.6 Å². The highest BCUT2D eigenvalue weighted by atomic mass is 35.5. The van der Waals surface area contributed by atoms with E-state index in [9.17, 15) is 18.4 Å². The van der Waals surface area contributed by atoms with Crippen molar-refractivity contribution in [2.45, 2.75) is 33.7 Å². The molecule has 12 heteroatoms. The number of hydrogen-bond acceptors (Lipinski definition) is 6. The number of hydrazine groups is 1. The van der Waals surface area contributed by atoms with Gasteiger partial charge in [0.05, 0.1) is 17.3 Å². The van der Waals surface area contributed by atoms with E-state index < -0.39 is 23.7 Å². The van der Waals surface area contributed by atoms with Crippen molar-refractivity contribution < 1.29 is 22.9 Å². The zero-order valence-corrected chi connectivity index (χ0v) is 18.9. The standard InChI is InChI=1S/C21H21ClF2N6O3/c1-9(2)20(31)28-29-21(32)26-10(3)18-16(24)5-12(8-25-18)14-6-13(22)7-15(23)17(14)19-27-11(4)33-30-19/h5-10H,1-4H3,(H,28,31)(H2,26,29,32)/t10-/m1/s1. The maximum absolute atomic E-state index is 14.9. The van der Waals surface area contributed by atoms with Gasteiger partial charge in [0.25, 0.3) is 0 Å². The van der Waals surface area contributed by atoms with Gasteiger partial charge in [-0.15, -0.1) is 0 Å². The number of halogens is 3. The van der Waals surface area contributed by atoms with Crippen molar-refractivity contribution in [2.75, 3.05) is 0 Å². The van der Waals surface area contributed by atoms with E-state index >= 15 is 0 Å². The molecule has 174 valence electrons. The zero-order valence-electron chi connectivity index (χ0n) is 18.2. The van der Waals surface area contributed by atoms with Crippen LogP contribution in [0.1, 0.15) is 38.4 Å². The monoisotopic (exact) mass is 478 g/mol. The Morgan fingerprint density at radius 1 is 1.09 bits per heavy atom. The van der Waals surface area contributed by atoms with E-state index in [2.05, 4.69) is 31.3 Å². The lowest BCUT2D eigenvalue weighted by Gasteiger charge is -2.17. The molecule has 0 aliphatic rings. The second-order valence-corrected chi connectivity index (χ2v) is 7.94. The first-order chi connectivity index (χ1) is 15.6. The van der Waals surface area contributed by atoms with Crippen LogP contribution in [0.25, 0.3) is 22.5 Å². The Balaban J connectivity index is 1.85. The summed E-state index contributed by atoms with van der Waals surface area (Å²) in [7, 11) is 0. The summed E-state index contributed by atoms with van der Waals surface area (Å²) in [5.41, 5.74) is 4.77. The number of hydrogen-bond donors (Lipinski definition) is 3. The number of rotatable bonds is 5. The molecule has 2 aromatic heterocycles. The van der Waals surface area contributed by atoms with Gasteiger partial charge >= 0.3 is 6.03 Å². The molecule has 3 rings (SSSR count). The molecule has 9 nitrogen and oxygen atoms in total. The molecule has 1 aromatic carbocycles. The molecule has 0 spiro atoms. The normalized spacial score (nSPS) is 11.9. The van der Waals surface area contributed by atoms with Crippen LogP contribution < -0.4 is 16.2 Å². The number of nitrogens with zero attached hydrogens (tertiary/aromatic N) is 3. The van der Waals surface area contributed by atoms with Crippen molar-refractivity contribution in [1.29, 1.82) is 0 Å². The molecule has 3 N–H and O–H groups in total. The van der Waals surface area contributed by atoms with Crippen LogP contribution >= 0.6 is 11.6 Å². The van der Waals surface area contributed by atoms with Gasteiger partial charge in [-0.3, -0.25) is 15.2 Å². The number of carbonyl (C=O) groups is 2. The zero-order chi connectivity index (χ0) is 24.3. The van der Waals surface area contributed by atoms with Crippen LogP contribution in [0.5, 0.6) is 0 Å². The number of aromatic nitrogens is 3. The van der Waals surface area contributed by atoms with Crippen molar-refractivity contribution in [3.63, 3.8) is 0 Å². The number of pyridine rings is 1. The average molecular weight is 479 g/mol. The third-order valence-corrected chi connectivity index (χ3v) is 4.79. The van der Waals surface area contributed by atoms with Crippen LogP contribution in [0, 0.1) is 24.5 Å². The number of amides is 3. The Morgan fingerprint density at radius 2 is 1.82 bits per heavy atom. The van der Waals surface area contributed by atoms with Crippen LogP contribution in [0.3, 0.4) is 0 Å². The van der Waals surface area contributed by atoms with Crippen molar-refractivity contribution >= 4 is 23.5 Å². The number of carbonyl (C=O) groups excluding carboxylic acids is 2. The number of aryl methyl sites for hydroxylation is 1. The maximum Gasteiger partial charge on any atom is 0.334 e. The van der Waals surface area contributed by atoms with E-state index in [1.165, 1.54) is 19.2 Å². The Morgan fingerprint density at radius 3 is 2.42 bits per heavy atom. The number of nitrogens with one attached hydrogen (secondary N) is 3. The summed E-state index contributed by atoms with van der Waals surface area (Å²) < 4.78 is 34.6. The summed E-state index contributed by atoms with van der Waals surface area (Å²) in [6, 6.07) is 2.08. The molecule has 0 radical (unpaired) electrons. The van der Waals surface area contributed by atoms with Crippen molar-refractivity contribution in [2.24, 2.45) is 5.92 Å². The van der Waals surface area contributed by atoms with E-state index in [-0.39, 0.29) is 50.9 Å². The smallest absolute Gasteiger partial charge is 0.334 e. The molecule has 3 aromatic rings.